The third-order valence-electron chi connectivity index (χ3n) is 6.34. The molecular weight excluding hydrogens is 515 g/mol. The van der Waals surface area contributed by atoms with Crippen molar-refractivity contribution in [2.24, 2.45) is 5.73 Å². The Morgan fingerprint density at radius 3 is 2.63 bits per heavy atom. The standard InChI is InChI=1S/C26H28ClFN6O4/c1-38-21-14-17(6-8-20(21)32-25(36)18-7-5-16(28)13-19(18)27)34(12-11-33-9-3-2-4-10-33)26(37)23-22(24(29)35)30-15-31-23/h5-8,13-15H,2-4,9-12H2,1H3,(H2,29,35)(H,30,31)(H,32,36). The molecule has 0 spiro atoms. The zero-order valence-corrected chi connectivity index (χ0v) is 21.6. The summed E-state index contributed by atoms with van der Waals surface area (Å²) in [5.41, 5.74) is 6.15. The normalized spacial score (nSPS) is 13.7. The first kappa shape index (κ1) is 27.1. The van der Waals surface area contributed by atoms with Gasteiger partial charge in [0.2, 0.25) is 0 Å². The number of rotatable bonds is 9. The molecule has 1 aromatic heterocycles. The van der Waals surface area contributed by atoms with E-state index in [9.17, 15) is 18.8 Å². The minimum atomic E-state index is -0.795. The van der Waals surface area contributed by atoms with Gasteiger partial charge in [-0.25, -0.2) is 9.37 Å². The molecule has 1 aliphatic heterocycles. The Hall–Kier alpha value is -3.96. The van der Waals surface area contributed by atoms with Gasteiger partial charge in [-0.15, -0.1) is 0 Å². The summed E-state index contributed by atoms with van der Waals surface area (Å²) in [6.45, 7) is 2.82. The van der Waals surface area contributed by atoms with Crippen LogP contribution in [0.15, 0.2) is 42.7 Å². The molecular formula is C26H28ClFN6O4. The largest absolute Gasteiger partial charge is 0.494 e. The van der Waals surface area contributed by atoms with E-state index >= 15 is 0 Å². The number of nitrogens with zero attached hydrogens (tertiary/aromatic N) is 3. The lowest BCUT2D eigenvalue weighted by Gasteiger charge is -2.30. The number of nitrogens with two attached hydrogens (primary N) is 1. The minimum Gasteiger partial charge on any atom is -0.494 e. The molecule has 10 nitrogen and oxygen atoms in total. The van der Waals surface area contributed by atoms with Crippen molar-refractivity contribution in [3.05, 3.63) is 70.5 Å². The second kappa shape index (κ2) is 12.1. The lowest BCUT2D eigenvalue weighted by molar-refractivity contribution is 0.0952. The number of amides is 3. The zero-order chi connectivity index (χ0) is 27.2. The molecule has 12 heteroatoms. The molecule has 1 saturated heterocycles. The van der Waals surface area contributed by atoms with Gasteiger partial charge in [-0.3, -0.25) is 14.4 Å². The smallest absolute Gasteiger partial charge is 0.279 e. The molecule has 0 unspecified atom stereocenters. The van der Waals surface area contributed by atoms with E-state index in [0.717, 1.165) is 38.1 Å². The molecule has 4 rings (SSSR count). The fourth-order valence-electron chi connectivity index (χ4n) is 4.36. The molecule has 3 amide bonds. The SMILES string of the molecule is COc1cc(N(CCN2CCCCC2)C(=O)c2nc[nH]c2C(N)=O)ccc1NC(=O)c1ccc(F)cc1Cl. The number of aromatic amines is 1. The minimum absolute atomic E-state index is 0.0307. The van der Waals surface area contributed by atoms with Gasteiger partial charge in [0.05, 0.1) is 29.7 Å². The number of anilines is 2. The number of piperidine rings is 1. The Kier molecular flexibility index (Phi) is 8.59. The number of aromatic nitrogens is 2. The van der Waals surface area contributed by atoms with E-state index in [2.05, 4.69) is 20.2 Å². The Morgan fingerprint density at radius 1 is 1.18 bits per heavy atom. The maximum absolute atomic E-state index is 13.6. The first-order valence-corrected chi connectivity index (χ1v) is 12.5. The molecule has 4 N–H and O–H groups in total. The number of hydrogen-bond donors (Lipinski definition) is 3. The predicted octanol–water partition coefficient (Wildman–Crippen LogP) is 3.69. The van der Waals surface area contributed by atoms with Crippen molar-refractivity contribution in [2.75, 3.05) is 43.5 Å². The summed E-state index contributed by atoms with van der Waals surface area (Å²) >= 11 is 6.03. The van der Waals surface area contributed by atoms with Gasteiger partial charge in [-0.05, 0) is 56.3 Å². The van der Waals surface area contributed by atoms with E-state index in [1.165, 1.54) is 30.8 Å². The van der Waals surface area contributed by atoms with Gasteiger partial charge in [-0.1, -0.05) is 18.0 Å². The Morgan fingerprint density at radius 2 is 1.95 bits per heavy atom. The van der Waals surface area contributed by atoms with Crippen LogP contribution in [0.4, 0.5) is 15.8 Å². The fourth-order valence-corrected chi connectivity index (χ4v) is 4.61. The molecule has 38 heavy (non-hydrogen) atoms. The number of imidazole rings is 1. The average molecular weight is 543 g/mol. The van der Waals surface area contributed by atoms with Crippen LogP contribution < -0.4 is 20.7 Å². The van der Waals surface area contributed by atoms with Crippen LogP contribution in [0.1, 0.15) is 50.6 Å². The van der Waals surface area contributed by atoms with Crippen molar-refractivity contribution < 1.29 is 23.5 Å². The lowest BCUT2D eigenvalue weighted by Crippen LogP contribution is -2.41. The monoisotopic (exact) mass is 542 g/mol. The Labute approximate surface area is 223 Å². The number of nitrogens with one attached hydrogen (secondary N) is 2. The van der Waals surface area contributed by atoms with Gasteiger partial charge < -0.3 is 30.6 Å². The van der Waals surface area contributed by atoms with Crippen molar-refractivity contribution in [3.8, 4) is 5.75 Å². The average Bonchev–Trinajstić information content (AvgIpc) is 3.40. The van der Waals surface area contributed by atoms with Crippen LogP contribution in [-0.2, 0) is 0 Å². The summed E-state index contributed by atoms with van der Waals surface area (Å²) < 4.78 is 18.9. The summed E-state index contributed by atoms with van der Waals surface area (Å²) in [5, 5.41) is 2.68. The highest BCUT2D eigenvalue weighted by atomic mass is 35.5. The second-order valence-corrected chi connectivity index (χ2v) is 9.22. The number of H-pyrrole nitrogens is 1. The first-order chi connectivity index (χ1) is 18.3. The third-order valence-corrected chi connectivity index (χ3v) is 6.66. The summed E-state index contributed by atoms with van der Waals surface area (Å²) in [4.78, 5) is 48.6. The van der Waals surface area contributed by atoms with Crippen LogP contribution in [-0.4, -0.2) is 65.9 Å². The Bertz CT molecular complexity index is 1340. The number of primary amides is 1. The molecule has 1 aliphatic rings. The van der Waals surface area contributed by atoms with E-state index < -0.39 is 23.5 Å². The number of hydrogen-bond acceptors (Lipinski definition) is 6. The van der Waals surface area contributed by atoms with Gasteiger partial charge in [0.25, 0.3) is 17.7 Å². The van der Waals surface area contributed by atoms with E-state index in [1.54, 1.807) is 18.2 Å². The molecule has 0 saturated carbocycles. The van der Waals surface area contributed by atoms with E-state index in [1.807, 2.05) is 0 Å². The van der Waals surface area contributed by atoms with Gasteiger partial charge >= 0.3 is 0 Å². The molecule has 1 fully saturated rings. The molecule has 0 bridgehead atoms. The molecule has 0 atom stereocenters. The number of carbonyl (C=O) groups excluding carboxylic acids is 3. The van der Waals surface area contributed by atoms with Crippen LogP contribution in [0.2, 0.25) is 5.02 Å². The molecule has 3 aromatic rings. The van der Waals surface area contributed by atoms with Crippen molar-refractivity contribution in [1.82, 2.24) is 14.9 Å². The number of benzene rings is 2. The first-order valence-electron chi connectivity index (χ1n) is 12.1. The maximum atomic E-state index is 13.6. The number of methoxy groups -OCH3 is 1. The van der Waals surface area contributed by atoms with Crippen LogP contribution in [0.25, 0.3) is 0 Å². The van der Waals surface area contributed by atoms with Crippen LogP contribution in [0, 0.1) is 5.82 Å². The molecule has 2 aromatic carbocycles. The predicted molar refractivity (Wildman–Crippen MR) is 141 cm³/mol. The summed E-state index contributed by atoms with van der Waals surface area (Å²) in [7, 11) is 1.43. The highest BCUT2D eigenvalue weighted by Gasteiger charge is 2.27. The number of carbonyl (C=O) groups is 3. The fraction of sp³-hybridized carbons (Fsp3) is 0.308. The number of halogens is 2. The van der Waals surface area contributed by atoms with Gasteiger partial charge in [0.15, 0.2) is 5.69 Å². The summed E-state index contributed by atoms with van der Waals surface area (Å²) in [6.07, 6.45) is 4.62. The quantitative estimate of drug-likeness (QED) is 0.377. The highest BCUT2D eigenvalue weighted by molar-refractivity contribution is 6.34. The maximum Gasteiger partial charge on any atom is 0.279 e. The van der Waals surface area contributed by atoms with Crippen LogP contribution in [0.3, 0.4) is 0 Å². The molecule has 200 valence electrons. The topological polar surface area (TPSA) is 134 Å². The van der Waals surface area contributed by atoms with Gasteiger partial charge in [-0.2, -0.15) is 0 Å². The third kappa shape index (κ3) is 6.12. The molecule has 2 heterocycles. The van der Waals surface area contributed by atoms with Crippen molar-refractivity contribution in [1.29, 1.82) is 0 Å². The molecule has 0 radical (unpaired) electrons. The van der Waals surface area contributed by atoms with Crippen LogP contribution >= 0.6 is 11.6 Å². The van der Waals surface area contributed by atoms with Crippen molar-refractivity contribution >= 4 is 40.7 Å². The van der Waals surface area contributed by atoms with Gasteiger partial charge in [0, 0.05) is 24.8 Å². The lowest BCUT2D eigenvalue weighted by atomic mass is 10.1. The zero-order valence-electron chi connectivity index (χ0n) is 20.8. The Balaban J connectivity index is 1.62. The van der Waals surface area contributed by atoms with E-state index in [0.29, 0.717) is 24.5 Å². The summed E-state index contributed by atoms with van der Waals surface area (Å²) in [5.74, 6) is -2.13. The number of likely N-dealkylation sites (tertiary alicyclic amines) is 1. The molecule has 0 aliphatic carbocycles. The van der Waals surface area contributed by atoms with Crippen LogP contribution in [0.5, 0.6) is 5.75 Å². The van der Waals surface area contributed by atoms with E-state index in [-0.39, 0.29) is 27.7 Å². The van der Waals surface area contributed by atoms with Gasteiger partial charge in [0.1, 0.15) is 17.3 Å². The van der Waals surface area contributed by atoms with E-state index in [4.69, 9.17) is 22.1 Å². The number of ether oxygens (including phenoxy) is 1. The second-order valence-electron chi connectivity index (χ2n) is 8.81. The van der Waals surface area contributed by atoms with Crippen molar-refractivity contribution in [3.63, 3.8) is 0 Å². The van der Waals surface area contributed by atoms with Crippen molar-refractivity contribution in [2.45, 2.75) is 19.3 Å². The highest BCUT2D eigenvalue weighted by Crippen LogP contribution is 2.32. The summed E-state index contributed by atoms with van der Waals surface area (Å²) in [6, 6.07) is 8.32.